The molecule has 1 heterocycles. The summed E-state index contributed by atoms with van der Waals surface area (Å²) < 4.78 is 5.54. The third kappa shape index (κ3) is 1.98. The minimum atomic E-state index is -0.414. The normalized spacial score (nSPS) is 16.0. The zero-order valence-electron chi connectivity index (χ0n) is 7.38. The van der Waals surface area contributed by atoms with Gasteiger partial charge in [0.1, 0.15) is 11.9 Å². The highest BCUT2D eigenvalue weighted by molar-refractivity contribution is 8.00. The molecule has 0 N–H and O–H groups in total. The average Bonchev–Trinajstić information content (AvgIpc) is 2.12. The SMILES string of the molecule is O=[N+]([O-])c1ccc(OC2CSC2)cc1. The number of benzene rings is 1. The van der Waals surface area contributed by atoms with Gasteiger partial charge in [-0.25, -0.2) is 0 Å². The van der Waals surface area contributed by atoms with E-state index in [0.717, 1.165) is 11.5 Å². The summed E-state index contributed by atoms with van der Waals surface area (Å²) >= 11 is 1.84. The second kappa shape index (κ2) is 3.88. The van der Waals surface area contributed by atoms with E-state index in [1.165, 1.54) is 12.1 Å². The second-order valence-electron chi connectivity index (χ2n) is 3.03. The van der Waals surface area contributed by atoms with E-state index in [2.05, 4.69) is 0 Å². The van der Waals surface area contributed by atoms with E-state index in [-0.39, 0.29) is 11.8 Å². The van der Waals surface area contributed by atoms with Gasteiger partial charge in [-0.05, 0) is 12.1 Å². The summed E-state index contributed by atoms with van der Waals surface area (Å²) in [6.45, 7) is 0. The first-order chi connectivity index (χ1) is 6.75. The predicted octanol–water partition coefficient (Wildman–Crippen LogP) is 2.09. The van der Waals surface area contributed by atoms with Crippen molar-refractivity contribution in [3.05, 3.63) is 34.4 Å². The Morgan fingerprint density at radius 1 is 1.36 bits per heavy atom. The van der Waals surface area contributed by atoms with Crippen molar-refractivity contribution in [3.63, 3.8) is 0 Å². The van der Waals surface area contributed by atoms with Crippen LogP contribution in [0.1, 0.15) is 0 Å². The highest BCUT2D eigenvalue weighted by Crippen LogP contribution is 2.25. The fraction of sp³-hybridized carbons (Fsp3) is 0.333. The minimum absolute atomic E-state index is 0.0975. The molecule has 0 saturated carbocycles. The van der Waals surface area contributed by atoms with Crippen LogP contribution in [0.5, 0.6) is 5.75 Å². The van der Waals surface area contributed by atoms with E-state index in [9.17, 15) is 10.1 Å². The molecule has 1 saturated heterocycles. The topological polar surface area (TPSA) is 52.4 Å². The lowest BCUT2D eigenvalue weighted by molar-refractivity contribution is -0.384. The maximum absolute atomic E-state index is 10.4. The number of hydrogen-bond acceptors (Lipinski definition) is 4. The highest BCUT2D eigenvalue weighted by Gasteiger charge is 2.19. The minimum Gasteiger partial charge on any atom is -0.489 e. The van der Waals surface area contributed by atoms with Gasteiger partial charge < -0.3 is 4.74 Å². The molecule has 1 fully saturated rings. The van der Waals surface area contributed by atoms with Crippen LogP contribution in [0.3, 0.4) is 0 Å². The molecule has 1 aliphatic rings. The van der Waals surface area contributed by atoms with E-state index in [1.54, 1.807) is 12.1 Å². The number of rotatable bonds is 3. The summed E-state index contributed by atoms with van der Waals surface area (Å²) in [7, 11) is 0. The van der Waals surface area contributed by atoms with E-state index >= 15 is 0 Å². The van der Waals surface area contributed by atoms with Gasteiger partial charge in [-0.15, -0.1) is 0 Å². The van der Waals surface area contributed by atoms with E-state index in [4.69, 9.17) is 4.74 Å². The lowest BCUT2D eigenvalue weighted by Gasteiger charge is -2.25. The Morgan fingerprint density at radius 2 is 2.00 bits per heavy atom. The van der Waals surface area contributed by atoms with Crippen molar-refractivity contribution in [2.24, 2.45) is 0 Å². The van der Waals surface area contributed by atoms with Crippen molar-refractivity contribution in [2.45, 2.75) is 6.10 Å². The summed E-state index contributed by atoms with van der Waals surface area (Å²) in [5.41, 5.74) is 0.0975. The number of non-ortho nitro benzene ring substituents is 1. The van der Waals surface area contributed by atoms with Crippen molar-refractivity contribution >= 4 is 17.4 Å². The number of nitrogens with zero attached hydrogens (tertiary/aromatic N) is 1. The van der Waals surface area contributed by atoms with Crippen LogP contribution in [0, 0.1) is 10.1 Å². The molecule has 0 unspecified atom stereocenters. The number of thioether (sulfide) groups is 1. The number of nitro groups is 1. The molecule has 5 heteroatoms. The van der Waals surface area contributed by atoms with Crippen LogP contribution < -0.4 is 4.74 Å². The molecule has 0 radical (unpaired) electrons. The molecular weight excluding hydrogens is 202 g/mol. The standard InChI is InChI=1S/C9H9NO3S/c11-10(12)7-1-3-8(4-2-7)13-9-5-14-6-9/h1-4,9H,5-6H2. The van der Waals surface area contributed by atoms with Crippen LogP contribution in [0.25, 0.3) is 0 Å². The molecule has 2 rings (SSSR count). The van der Waals surface area contributed by atoms with Crippen LogP contribution in [-0.4, -0.2) is 22.5 Å². The van der Waals surface area contributed by atoms with Crippen LogP contribution in [-0.2, 0) is 0 Å². The number of hydrogen-bond donors (Lipinski definition) is 0. The van der Waals surface area contributed by atoms with Crippen LogP contribution in [0.15, 0.2) is 24.3 Å². The zero-order chi connectivity index (χ0) is 9.97. The first kappa shape index (κ1) is 9.33. The Morgan fingerprint density at radius 3 is 2.43 bits per heavy atom. The molecule has 1 aromatic carbocycles. The molecule has 74 valence electrons. The van der Waals surface area contributed by atoms with E-state index in [0.29, 0.717) is 5.75 Å². The van der Waals surface area contributed by atoms with Gasteiger partial charge in [0.05, 0.1) is 4.92 Å². The molecule has 0 atom stereocenters. The van der Waals surface area contributed by atoms with Crippen LogP contribution in [0.2, 0.25) is 0 Å². The van der Waals surface area contributed by atoms with Crippen molar-refractivity contribution in [1.29, 1.82) is 0 Å². The highest BCUT2D eigenvalue weighted by atomic mass is 32.2. The zero-order valence-corrected chi connectivity index (χ0v) is 8.20. The summed E-state index contributed by atoms with van der Waals surface area (Å²) in [6, 6.07) is 6.20. The molecule has 0 amide bonds. The molecule has 0 spiro atoms. The van der Waals surface area contributed by atoms with Gasteiger partial charge in [-0.3, -0.25) is 10.1 Å². The fourth-order valence-electron chi connectivity index (χ4n) is 1.12. The van der Waals surface area contributed by atoms with Gasteiger partial charge in [0.25, 0.3) is 5.69 Å². The number of nitro benzene ring substituents is 1. The van der Waals surface area contributed by atoms with Crippen molar-refractivity contribution in [1.82, 2.24) is 0 Å². The van der Waals surface area contributed by atoms with Crippen LogP contribution in [0.4, 0.5) is 5.69 Å². The summed E-state index contributed by atoms with van der Waals surface area (Å²) in [5, 5.41) is 10.4. The first-order valence-electron chi connectivity index (χ1n) is 4.24. The van der Waals surface area contributed by atoms with Gasteiger partial charge >= 0.3 is 0 Å². The fourth-order valence-corrected chi connectivity index (χ4v) is 1.69. The lowest BCUT2D eigenvalue weighted by atomic mass is 10.3. The van der Waals surface area contributed by atoms with Crippen molar-refractivity contribution in [2.75, 3.05) is 11.5 Å². The second-order valence-corrected chi connectivity index (χ2v) is 4.10. The third-order valence-corrected chi connectivity index (χ3v) is 3.17. The number of ether oxygens (including phenoxy) is 1. The van der Waals surface area contributed by atoms with Crippen molar-refractivity contribution in [3.8, 4) is 5.75 Å². The quantitative estimate of drug-likeness (QED) is 0.567. The van der Waals surface area contributed by atoms with Gasteiger partial charge in [0.15, 0.2) is 0 Å². The smallest absolute Gasteiger partial charge is 0.269 e. The monoisotopic (exact) mass is 211 g/mol. The lowest BCUT2D eigenvalue weighted by Crippen LogP contribution is -2.30. The largest absolute Gasteiger partial charge is 0.489 e. The van der Waals surface area contributed by atoms with Crippen molar-refractivity contribution < 1.29 is 9.66 Å². The Kier molecular flexibility index (Phi) is 2.58. The van der Waals surface area contributed by atoms with Crippen LogP contribution >= 0.6 is 11.8 Å². The average molecular weight is 211 g/mol. The first-order valence-corrected chi connectivity index (χ1v) is 5.40. The van der Waals surface area contributed by atoms with Gasteiger partial charge in [-0.1, -0.05) is 0 Å². The predicted molar refractivity (Wildman–Crippen MR) is 54.8 cm³/mol. The maximum atomic E-state index is 10.4. The molecule has 1 aliphatic heterocycles. The Bertz CT molecular complexity index is 334. The summed E-state index contributed by atoms with van der Waals surface area (Å²) in [5.74, 6) is 2.73. The van der Waals surface area contributed by atoms with Gasteiger partial charge in [0, 0.05) is 23.6 Å². The Balaban J connectivity index is 2.01. The van der Waals surface area contributed by atoms with E-state index < -0.39 is 4.92 Å². The van der Waals surface area contributed by atoms with Gasteiger partial charge in [-0.2, -0.15) is 11.8 Å². The Labute approximate surface area is 85.4 Å². The molecule has 0 aromatic heterocycles. The summed E-state index contributed by atoms with van der Waals surface area (Å²) in [6.07, 6.45) is 0.279. The molecule has 14 heavy (non-hydrogen) atoms. The Hall–Kier alpha value is -1.23. The molecule has 0 bridgehead atoms. The summed E-state index contributed by atoms with van der Waals surface area (Å²) in [4.78, 5) is 9.95. The van der Waals surface area contributed by atoms with E-state index in [1.807, 2.05) is 11.8 Å². The molecular formula is C9H9NO3S. The maximum Gasteiger partial charge on any atom is 0.269 e. The third-order valence-electron chi connectivity index (χ3n) is 1.96. The molecule has 4 nitrogen and oxygen atoms in total. The molecule has 0 aliphatic carbocycles. The molecule has 1 aromatic rings. The van der Waals surface area contributed by atoms with Gasteiger partial charge in [0.2, 0.25) is 0 Å².